The van der Waals surface area contributed by atoms with E-state index in [2.05, 4.69) is 72.4 Å². The highest BCUT2D eigenvalue weighted by Gasteiger charge is 2.40. The largest absolute Gasteiger partial charge is 0.349 e. The molecule has 0 aliphatic carbocycles. The van der Waals surface area contributed by atoms with Crippen molar-refractivity contribution in [3.63, 3.8) is 0 Å². The molecule has 3 aromatic rings. The Morgan fingerprint density at radius 3 is 2.19 bits per heavy atom. The number of nitrogens with zero attached hydrogens (tertiary/aromatic N) is 2. The van der Waals surface area contributed by atoms with E-state index in [4.69, 9.17) is 0 Å². The van der Waals surface area contributed by atoms with Crippen molar-refractivity contribution >= 4 is 53.3 Å². The summed E-state index contributed by atoms with van der Waals surface area (Å²) in [6, 6.07) is 15.2. The van der Waals surface area contributed by atoms with Gasteiger partial charge in [0, 0.05) is 32.4 Å². The Bertz CT molecular complexity index is 1340. The van der Waals surface area contributed by atoms with Crippen LogP contribution in [0.3, 0.4) is 0 Å². The predicted octanol–water partition coefficient (Wildman–Crippen LogP) is 5.91. The summed E-state index contributed by atoms with van der Waals surface area (Å²) in [5.74, 6) is 0. The zero-order chi connectivity index (χ0) is 22.8. The fourth-order valence-corrected chi connectivity index (χ4v) is 6.51. The summed E-state index contributed by atoms with van der Waals surface area (Å²) in [6.45, 7) is 7.48. The molecule has 0 aromatic heterocycles. The Kier molecular flexibility index (Phi) is 5.40. The molecule has 0 spiro atoms. The number of nitrogens with one attached hydrogen (secondary N) is 1. The molecule has 2 aliphatic heterocycles. The van der Waals surface area contributed by atoms with E-state index in [1.807, 2.05) is 31.2 Å². The second-order valence-electron chi connectivity index (χ2n) is 8.44. The molecule has 1 N–H and O–H groups in total. The summed E-state index contributed by atoms with van der Waals surface area (Å²) in [7, 11) is -3.74. The van der Waals surface area contributed by atoms with Crippen LogP contribution in [-0.2, 0) is 16.6 Å². The molecule has 1 atom stereocenters. The van der Waals surface area contributed by atoms with Crippen LogP contribution in [0.2, 0.25) is 0 Å². The lowest BCUT2D eigenvalue weighted by Gasteiger charge is -2.50. The van der Waals surface area contributed by atoms with Gasteiger partial charge in [-0.05, 0) is 61.7 Å². The van der Waals surface area contributed by atoms with Gasteiger partial charge in [-0.1, -0.05) is 61.7 Å². The first-order chi connectivity index (χ1) is 15.2. The predicted molar refractivity (Wildman–Crippen MR) is 136 cm³/mol. The van der Waals surface area contributed by atoms with Crippen LogP contribution in [0.1, 0.15) is 34.0 Å². The summed E-state index contributed by atoms with van der Waals surface area (Å²) >= 11 is 7.31. The van der Waals surface area contributed by atoms with Gasteiger partial charge in [0.1, 0.15) is 6.17 Å². The molecule has 2 aliphatic rings. The van der Waals surface area contributed by atoms with Crippen LogP contribution in [0.15, 0.2) is 62.4 Å². The van der Waals surface area contributed by atoms with Crippen molar-refractivity contribution in [2.45, 2.75) is 38.4 Å². The van der Waals surface area contributed by atoms with Gasteiger partial charge < -0.3 is 9.80 Å². The van der Waals surface area contributed by atoms with Gasteiger partial charge in [0.15, 0.2) is 0 Å². The van der Waals surface area contributed by atoms with E-state index in [1.54, 1.807) is 12.1 Å². The molecule has 0 saturated heterocycles. The normalized spacial score (nSPS) is 17.2. The maximum absolute atomic E-state index is 13.4. The number of anilines is 2. The van der Waals surface area contributed by atoms with Gasteiger partial charge in [0.25, 0.3) is 0 Å². The Balaban J connectivity index is 1.68. The van der Waals surface area contributed by atoms with E-state index in [-0.39, 0.29) is 4.90 Å². The molecule has 2 heterocycles. The average molecular weight is 577 g/mol. The van der Waals surface area contributed by atoms with Crippen LogP contribution < -0.4 is 14.5 Å². The summed E-state index contributed by atoms with van der Waals surface area (Å²) in [4.78, 5) is 4.76. The molecule has 5 nitrogen and oxygen atoms in total. The van der Waals surface area contributed by atoms with E-state index in [0.29, 0.717) is 6.67 Å². The minimum Gasteiger partial charge on any atom is -0.349 e. The highest BCUT2D eigenvalue weighted by molar-refractivity contribution is 9.10. The smallest absolute Gasteiger partial charge is 0.242 e. The minimum atomic E-state index is -3.74. The second-order valence-corrected chi connectivity index (χ2v) is 11.9. The standard InChI is InChI=1S/C24H23Br2N3O2S/c1-14-4-7-18(8-5-14)32(30,31)27-24-19-9-11-21(26)16(3)23(19)28-12-17-6-10-20(25)15(2)22(17)29(24)13-28/h4-11,24,27H,12-13H2,1-3H3/t24-/m0/s1. The Labute approximate surface area is 205 Å². The van der Waals surface area contributed by atoms with E-state index in [9.17, 15) is 8.42 Å². The van der Waals surface area contributed by atoms with Crippen LogP contribution in [0, 0.1) is 20.8 Å². The molecule has 3 aromatic carbocycles. The van der Waals surface area contributed by atoms with Gasteiger partial charge in [-0.25, -0.2) is 8.42 Å². The van der Waals surface area contributed by atoms with Gasteiger partial charge in [-0.2, -0.15) is 4.72 Å². The zero-order valence-electron chi connectivity index (χ0n) is 18.0. The van der Waals surface area contributed by atoms with Crippen molar-refractivity contribution in [1.29, 1.82) is 0 Å². The van der Waals surface area contributed by atoms with Crippen molar-refractivity contribution in [3.8, 4) is 0 Å². The third-order valence-electron chi connectivity index (χ3n) is 6.34. The molecule has 2 bridgehead atoms. The summed E-state index contributed by atoms with van der Waals surface area (Å²) in [5.41, 5.74) is 7.54. The number of halogens is 2. The first-order valence-electron chi connectivity index (χ1n) is 10.3. The number of fused-ring (bicyclic) bond motifs is 6. The van der Waals surface area contributed by atoms with Crippen molar-refractivity contribution in [1.82, 2.24) is 4.72 Å². The zero-order valence-corrected chi connectivity index (χ0v) is 22.0. The lowest BCUT2D eigenvalue weighted by molar-refractivity contribution is 0.506. The molecule has 0 saturated carbocycles. The quantitative estimate of drug-likeness (QED) is 0.421. The monoisotopic (exact) mass is 575 g/mol. The molecule has 32 heavy (non-hydrogen) atoms. The summed E-state index contributed by atoms with van der Waals surface area (Å²) in [6.07, 6.45) is -0.522. The van der Waals surface area contributed by atoms with Crippen LogP contribution in [0.5, 0.6) is 0 Å². The molecule has 0 radical (unpaired) electrons. The third kappa shape index (κ3) is 3.48. The summed E-state index contributed by atoms with van der Waals surface area (Å²) < 4.78 is 31.9. The van der Waals surface area contributed by atoms with E-state index in [0.717, 1.165) is 49.1 Å². The first kappa shape index (κ1) is 21.9. The van der Waals surface area contributed by atoms with Crippen LogP contribution >= 0.6 is 31.9 Å². The van der Waals surface area contributed by atoms with E-state index in [1.165, 1.54) is 5.56 Å². The van der Waals surface area contributed by atoms with Crippen LogP contribution in [0.4, 0.5) is 11.4 Å². The maximum Gasteiger partial charge on any atom is 0.242 e. The molecule has 8 heteroatoms. The summed E-state index contributed by atoms with van der Waals surface area (Å²) in [5, 5.41) is 0. The number of hydrogen-bond donors (Lipinski definition) is 1. The SMILES string of the molecule is Cc1ccc(S(=O)(=O)N[C@@H]2c3ccc(Br)c(C)c3N3Cc4ccc(Br)c(C)c4N2C3)cc1. The lowest BCUT2D eigenvalue weighted by Crippen LogP contribution is -2.54. The maximum atomic E-state index is 13.4. The highest BCUT2D eigenvalue weighted by Crippen LogP contribution is 2.48. The average Bonchev–Trinajstić information content (AvgIpc) is 2.76. The molecule has 0 amide bonds. The van der Waals surface area contributed by atoms with Crippen LogP contribution in [0.25, 0.3) is 0 Å². The van der Waals surface area contributed by atoms with Gasteiger partial charge in [-0.3, -0.25) is 0 Å². The number of hydrogen-bond acceptors (Lipinski definition) is 4. The fourth-order valence-electron chi connectivity index (χ4n) is 4.69. The molecule has 5 rings (SSSR count). The van der Waals surface area contributed by atoms with E-state index >= 15 is 0 Å². The van der Waals surface area contributed by atoms with Gasteiger partial charge in [0.2, 0.25) is 10.0 Å². The third-order valence-corrected chi connectivity index (χ3v) is 9.48. The van der Waals surface area contributed by atoms with Crippen molar-refractivity contribution < 1.29 is 8.42 Å². The fraction of sp³-hybridized carbons (Fsp3) is 0.250. The highest BCUT2D eigenvalue weighted by atomic mass is 79.9. The topological polar surface area (TPSA) is 52.7 Å². The molecule has 0 unspecified atom stereocenters. The van der Waals surface area contributed by atoms with E-state index < -0.39 is 16.2 Å². The second kappa shape index (κ2) is 7.87. The molecular formula is C24H23Br2N3O2S. The Morgan fingerprint density at radius 2 is 1.50 bits per heavy atom. The minimum absolute atomic E-state index is 0.268. The van der Waals surface area contributed by atoms with Gasteiger partial charge >= 0.3 is 0 Å². The lowest BCUT2D eigenvalue weighted by atomic mass is 9.95. The number of rotatable bonds is 3. The molecule has 0 fully saturated rings. The van der Waals surface area contributed by atoms with Gasteiger partial charge in [0.05, 0.1) is 11.6 Å². The van der Waals surface area contributed by atoms with Crippen molar-refractivity contribution in [2.24, 2.45) is 0 Å². The molecule has 166 valence electrons. The number of sulfonamides is 1. The first-order valence-corrected chi connectivity index (χ1v) is 13.4. The number of benzene rings is 3. The molecular weight excluding hydrogens is 554 g/mol. The number of aryl methyl sites for hydroxylation is 1. The Morgan fingerprint density at radius 1 is 0.875 bits per heavy atom. The van der Waals surface area contributed by atoms with Crippen molar-refractivity contribution in [3.05, 3.63) is 85.3 Å². The Hall–Kier alpha value is -1.87. The van der Waals surface area contributed by atoms with Gasteiger partial charge in [-0.15, -0.1) is 0 Å². The van der Waals surface area contributed by atoms with Crippen LogP contribution in [-0.4, -0.2) is 15.1 Å². The van der Waals surface area contributed by atoms with Crippen molar-refractivity contribution in [2.75, 3.05) is 16.5 Å².